The summed E-state index contributed by atoms with van der Waals surface area (Å²) in [6, 6.07) is 6.89. The van der Waals surface area contributed by atoms with E-state index in [1.54, 1.807) is 18.3 Å². The Morgan fingerprint density at radius 3 is 2.74 bits per heavy atom. The lowest BCUT2D eigenvalue weighted by molar-refractivity contribution is -0.137. The highest BCUT2D eigenvalue weighted by Gasteiger charge is 2.30. The molecule has 0 aliphatic rings. The molecule has 2 rings (SSSR count). The molecule has 19 heavy (non-hydrogen) atoms. The molecule has 0 atom stereocenters. The zero-order chi connectivity index (χ0) is 13.9. The lowest BCUT2D eigenvalue weighted by Gasteiger charge is -2.08. The number of benzene rings is 1. The molecule has 0 unspecified atom stereocenters. The van der Waals surface area contributed by atoms with Crippen molar-refractivity contribution in [2.45, 2.75) is 19.6 Å². The molecule has 0 aliphatic carbocycles. The second-order valence-electron chi connectivity index (χ2n) is 4.08. The van der Waals surface area contributed by atoms with E-state index in [1.165, 1.54) is 10.7 Å². The predicted octanol–water partition coefficient (Wildman–Crippen LogP) is 3.00. The summed E-state index contributed by atoms with van der Waals surface area (Å²) in [4.78, 5) is 0. The average molecular weight is 269 g/mol. The second kappa shape index (κ2) is 5.44. The van der Waals surface area contributed by atoms with Gasteiger partial charge < -0.3 is 5.32 Å². The normalized spacial score (nSPS) is 11.8. The van der Waals surface area contributed by atoms with Gasteiger partial charge in [-0.15, -0.1) is 0 Å². The molecular weight excluding hydrogens is 255 g/mol. The first-order chi connectivity index (χ1) is 9.00. The molecule has 1 heterocycles. The predicted molar refractivity (Wildman–Crippen MR) is 65.9 cm³/mol. The van der Waals surface area contributed by atoms with Crippen molar-refractivity contribution < 1.29 is 13.2 Å². The maximum Gasteiger partial charge on any atom is 0.416 e. The number of nitrogens with one attached hydrogen (secondary N) is 1. The van der Waals surface area contributed by atoms with Crippen LogP contribution in [0.5, 0.6) is 0 Å². The van der Waals surface area contributed by atoms with E-state index in [2.05, 4.69) is 10.4 Å². The summed E-state index contributed by atoms with van der Waals surface area (Å²) in [6.45, 7) is 3.39. The Labute approximate surface area is 109 Å². The van der Waals surface area contributed by atoms with Gasteiger partial charge in [0.2, 0.25) is 0 Å². The van der Waals surface area contributed by atoms with Crippen molar-refractivity contribution in [1.82, 2.24) is 15.1 Å². The van der Waals surface area contributed by atoms with Crippen LogP contribution in [-0.4, -0.2) is 16.3 Å². The molecule has 0 saturated heterocycles. The van der Waals surface area contributed by atoms with Gasteiger partial charge in [0, 0.05) is 12.7 Å². The molecule has 6 heteroatoms. The lowest BCUT2D eigenvalue weighted by atomic mass is 10.2. The van der Waals surface area contributed by atoms with Crippen molar-refractivity contribution in [3.05, 3.63) is 47.8 Å². The monoisotopic (exact) mass is 269 g/mol. The lowest BCUT2D eigenvalue weighted by Crippen LogP contribution is -2.12. The molecule has 0 spiro atoms. The Kier molecular flexibility index (Phi) is 3.90. The van der Waals surface area contributed by atoms with E-state index in [-0.39, 0.29) is 0 Å². The topological polar surface area (TPSA) is 29.9 Å². The SMILES string of the molecule is CCNCc1ccn(-c2cccc(C(F)(F)F)c2)n1. The number of hydrogen-bond acceptors (Lipinski definition) is 2. The van der Waals surface area contributed by atoms with Gasteiger partial charge in [0.05, 0.1) is 16.9 Å². The molecule has 3 nitrogen and oxygen atoms in total. The van der Waals surface area contributed by atoms with Crippen molar-refractivity contribution in [3.63, 3.8) is 0 Å². The van der Waals surface area contributed by atoms with Gasteiger partial charge in [-0.25, -0.2) is 4.68 Å². The van der Waals surface area contributed by atoms with Gasteiger partial charge >= 0.3 is 6.18 Å². The number of aromatic nitrogens is 2. The van der Waals surface area contributed by atoms with Crippen LogP contribution in [0.25, 0.3) is 5.69 Å². The standard InChI is InChI=1S/C13H14F3N3/c1-2-17-9-11-6-7-19(18-11)12-5-3-4-10(8-12)13(14,15)16/h3-8,17H,2,9H2,1H3. The molecular formula is C13H14F3N3. The average Bonchev–Trinajstić information content (AvgIpc) is 2.84. The van der Waals surface area contributed by atoms with Gasteiger partial charge in [-0.3, -0.25) is 0 Å². The fourth-order valence-corrected chi connectivity index (χ4v) is 1.68. The third-order valence-electron chi connectivity index (χ3n) is 2.64. The summed E-state index contributed by atoms with van der Waals surface area (Å²) >= 11 is 0. The zero-order valence-corrected chi connectivity index (χ0v) is 10.4. The van der Waals surface area contributed by atoms with Crippen molar-refractivity contribution in [1.29, 1.82) is 0 Å². The molecule has 0 aliphatic heterocycles. The van der Waals surface area contributed by atoms with Gasteiger partial charge in [0.25, 0.3) is 0 Å². The van der Waals surface area contributed by atoms with Crippen LogP contribution in [0.3, 0.4) is 0 Å². The maximum absolute atomic E-state index is 12.6. The van der Waals surface area contributed by atoms with Crippen LogP contribution < -0.4 is 5.32 Å². The Hall–Kier alpha value is -1.82. The van der Waals surface area contributed by atoms with Crippen molar-refractivity contribution in [2.75, 3.05) is 6.54 Å². The number of halogens is 3. The highest BCUT2D eigenvalue weighted by Crippen LogP contribution is 2.30. The molecule has 0 bridgehead atoms. The van der Waals surface area contributed by atoms with Gasteiger partial charge in [-0.05, 0) is 30.8 Å². The zero-order valence-electron chi connectivity index (χ0n) is 10.4. The quantitative estimate of drug-likeness (QED) is 0.924. The van der Waals surface area contributed by atoms with Gasteiger partial charge in [0.15, 0.2) is 0 Å². The molecule has 1 N–H and O–H groups in total. The molecule has 0 radical (unpaired) electrons. The number of rotatable bonds is 4. The second-order valence-corrected chi connectivity index (χ2v) is 4.08. The molecule has 2 aromatic rings. The number of nitrogens with zero attached hydrogens (tertiary/aromatic N) is 2. The van der Waals surface area contributed by atoms with Gasteiger partial charge in [0.1, 0.15) is 0 Å². The Morgan fingerprint density at radius 2 is 2.05 bits per heavy atom. The Bertz CT molecular complexity index is 546. The number of alkyl halides is 3. The molecule has 0 fully saturated rings. The molecule has 102 valence electrons. The van der Waals surface area contributed by atoms with Gasteiger partial charge in [-0.2, -0.15) is 18.3 Å². The summed E-state index contributed by atoms with van der Waals surface area (Å²) in [7, 11) is 0. The van der Waals surface area contributed by atoms with Crippen LogP contribution in [0, 0.1) is 0 Å². The minimum absolute atomic E-state index is 0.401. The summed E-state index contributed by atoms with van der Waals surface area (Å²) in [6.07, 6.45) is -2.68. The van der Waals surface area contributed by atoms with Crippen molar-refractivity contribution in [2.24, 2.45) is 0 Å². The van der Waals surface area contributed by atoms with Crippen LogP contribution in [0.2, 0.25) is 0 Å². The summed E-state index contributed by atoms with van der Waals surface area (Å²) < 4.78 is 39.3. The fourth-order valence-electron chi connectivity index (χ4n) is 1.68. The van der Waals surface area contributed by atoms with E-state index in [0.29, 0.717) is 12.2 Å². The van der Waals surface area contributed by atoms with E-state index < -0.39 is 11.7 Å². The first-order valence-electron chi connectivity index (χ1n) is 5.93. The van der Waals surface area contributed by atoms with Crippen LogP contribution in [0.4, 0.5) is 13.2 Å². The van der Waals surface area contributed by atoms with E-state index >= 15 is 0 Å². The molecule has 0 saturated carbocycles. The van der Waals surface area contributed by atoms with Crippen LogP contribution in [0.1, 0.15) is 18.2 Å². The Morgan fingerprint density at radius 1 is 1.26 bits per heavy atom. The largest absolute Gasteiger partial charge is 0.416 e. The summed E-state index contributed by atoms with van der Waals surface area (Å²) in [5, 5.41) is 7.34. The highest BCUT2D eigenvalue weighted by molar-refractivity contribution is 5.36. The van der Waals surface area contributed by atoms with Crippen molar-refractivity contribution in [3.8, 4) is 5.69 Å². The van der Waals surface area contributed by atoms with Crippen molar-refractivity contribution >= 4 is 0 Å². The smallest absolute Gasteiger partial charge is 0.311 e. The van der Waals surface area contributed by atoms with Gasteiger partial charge in [-0.1, -0.05) is 13.0 Å². The first kappa shape index (κ1) is 13.6. The minimum Gasteiger partial charge on any atom is -0.311 e. The van der Waals surface area contributed by atoms with Crippen LogP contribution in [-0.2, 0) is 12.7 Å². The van der Waals surface area contributed by atoms with E-state index in [1.807, 2.05) is 6.92 Å². The minimum atomic E-state index is -4.34. The molecule has 0 amide bonds. The van der Waals surface area contributed by atoms with E-state index in [9.17, 15) is 13.2 Å². The first-order valence-corrected chi connectivity index (χ1v) is 5.93. The van der Waals surface area contributed by atoms with E-state index in [4.69, 9.17) is 0 Å². The molecule has 1 aromatic carbocycles. The Balaban J connectivity index is 2.24. The van der Waals surface area contributed by atoms with E-state index in [0.717, 1.165) is 24.4 Å². The highest BCUT2D eigenvalue weighted by atomic mass is 19.4. The van der Waals surface area contributed by atoms with Crippen LogP contribution in [0.15, 0.2) is 36.5 Å². The molecule has 1 aromatic heterocycles. The third-order valence-corrected chi connectivity index (χ3v) is 2.64. The number of hydrogen-bond donors (Lipinski definition) is 1. The summed E-state index contributed by atoms with van der Waals surface area (Å²) in [5.41, 5.74) is 0.519. The maximum atomic E-state index is 12.6. The third kappa shape index (κ3) is 3.35. The summed E-state index contributed by atoms with van der Waals surface area (Å²) in [5.74, 6) is 0. The van der Waals surface area contributed by atoms with Crippen LogP contribution >= 0.6 is 0 Å². The fraction of sp³-hybridized carbons (Fsp3) is 0.308.